The molecule has 0 bridgehead atoms. The zero-order valence-electron chi connectivity index (χ0n) is 30.0. The van der Waals surface area contributed by atoms with Gasteiger partial charge < -0.3 is 34.6 Å². The Morgan fingerprint density at radius 1 is 0.904 bits per heavy atom. The molecule has 2 N–H and O–H groups in total. The van der Waals surface area contributed by atoms with Gasteiger partial charge in [-0.15, -0.1) is 0 Å². The fraction of sp³-hybridized carbons (Fsp3) is 0.436. The van der Waals surface area contributed by atoms with Crippen LogP contribution in [-0.2, 0) is 19.1 Å². The van der Waals surface area contributed by atoms with Gasteiger partial charge in [0.15, 0.2) is 0 Å². The van der Waals surface area contributed by atoms with Crippen molar-refractivity contribution in [1.82, 2.24) is 25.3 Å². The van der Waals surface area contributed by atoms with Gasteiger partial charge in [-0.05, 0) is 68.3 Å². The minimum absolute atomic E-state index is 0.106. The van der Waals surface area contributed by atoms with Gasteiger partial charge in [0, 0.05) is 43.0 Å². The summed E-state index contributed by atoms with van der Waals surface area (Å²) >= 11 is 3.45. The van der Waals surface area contributed by atoms with Crippen molar-refractivity contribution in [3.05, 3.63) is 88.4 Å². The van der Waals surface area contributed by atoms with Crippen molar-refractivity contribution >= 4 is 39.9 Å². The Hall–Kier alpha value is -4.62. The number of carbonyl (C=O) groups is 4. The van der Waals surface area contributed by atoms with Gasteiger partial charge in [0.05, 0.1) is 13.1 Å². The fourth-order valence-corrected chi connectivity index (χ4v) is 7.31. The predicted octanol–water partition coefficient (Wildman–Crippen LogP) is 5.00. The van der Waals surface area contributed by atoms with Crippen molar-refractivity contribution < 1.29 is 33.4 Å². The van der Waals surface area contributed by atoms with E-state index in [1.54, 1.807) is 31.7 Å². The van der Waals surface area contributed by atoms with E-state index in [4.69, 9.17) is 14.2 Å². The third kappa shape index (κ3) is 8.87. The van der Waals surface area contributed by atoms with E-state index in [1.165, 1.54) is 4.90 Å². The lowest BCUT2D eigenvalue weighted by atomic mass is 9.98. The molecule has 4 amide bonds. The van der Waals surface area contributed by atoms with Gasteiger partial charge in [-0.25, -0.2) is 9.59 Å². The lowest BCUT2D eigenvalue weighted by Crippen LogP contribution is -2.59. The summed E-state index contributed by atoms with van der Waals surface area (Å²) in [6, 6.07) is 21.4. The van der Waals surface area contributed by atoms with Gasteiger partial charge in [0.25, 0.3) is 0 Å². The monoisotopic (exact) mass is 775 g/mol. The Morgan fingerprint density at radius 2 is 1.56 bits per heavy atom. The normalized spacial score (nSPS) is 19.3. The summed E-state index contributed by atoms with van der Waals surface area (Å²) in [5, 5.41) is 5.58. The SMILES string of the molecule is CN1CCN(C(=O)[C@H](CNC(=O)OCC2c3ccccc3-c3ccccc32)NC(=O)[C@@H]2C[C@H](Oc3cccc(Br)c3)CN2C(=O)OC(C)(C)C)CC1. The second kappa shape index (κ2) is 16.0. The third-order valence-electron chi connectivity index (χ3n) is 9.52. The number of fused-ring (bicyclic) bond motifs is 3. The summed E-state index contributed by atoms with van der Waals surface area (Å²) in [6.07, 6.45) is -1.70. The van der Waals surface area contributed by atoms with E-state index >= 15 is 0 Å². The maximum Gasteiger partial charge on any atom is 0.411 e. The number of alkyl carbamates (subject to hydrolysis) is 1. The first-order chi connectivity index (χ1) is 24.9. The Kier molecular flexibility index (Phi) is 11.4. The largest absolute Gasteiger partial charge is 0.488 e. The molecule has 2 fully saturated rings. The molecular formula is C39H46BrN5O7. The Bertz CT molecular complexity index is 1740. The molecule has 3 aromatic carbocycles. The molecule has 3 atom stereocenters. The number of piperazine rings is 1. The summed E-state index contributed by atoms with van der Waals surface area (Å²) in [5.74, 6) is -0.425. The quantitative estimate of drug-likeness (QED) is 0.311. The molecule has 1 aliphatic carbocycles. The van der Waals surface area contributed by atoms with Gasteiger partial charge in [-0.1, -0.05) is 70.5 Å². The number of rotatable bonds is 9. The van der Waals surface area contributed by atoms with Crippen LogP contribution in [0.1, 0.15) is 44.2 Å². The van der Waals surface area contributed by atoms with E-state index in [2.05, 4.69) is 43.6 Å². The van der Waals surface area contributed by atoms with Crippen LogP contribution in [0.3, 0.4) is 0 Å². The maximum atomic E-state index is 14.1. The van der Waals surface area contributed by atoms with Crippen LogP contribution in [0.2, 0.25) is 0 Å². The number of likely N-dealkylation sites (N-methyl/N-ethyl adjacent to an activating group) is 1. The molecule has 276 valence electrons. The van der Waals surface area contributed by atoms with E-state index in [-0.39, 0.29) is 37.9 Å². The topological polar surface area (TPSA) is 130 Å². The number of halogens is 1. The van der Waals surface area contributed by atoms with Crippen molar-refractivity contribution in [1.29, 1.82) is 0 Å². The summed E-state index contributed by atoms with van der Waals surface area (Å²) in [7, 11) is 1.98. The summed E-state index contributed by atoms with van der Waals surface area (Å²) in [5.41, 5.74) is 3.60. The van der Waals surface area contributed by atoms with Crippen molar-refractivity contribution in [2.24, 2.45) is 0 Å². The average Bonchev–Trinajstić information content (AvgIpc) is 3.68. The first-order valence-corrected chi connectivity index (χ1v) is 18.4. The van der Waals surface area contributed by atoms with Crippen LogP contribution in [0, 0.1) is 0 Å². The van der Waals surface area contributed by atoms with Crippen LogP contribution < -0.4 is 15.4 Å². The van der Waals surface area contributed by atoms with Crippen molar-refractivity contribution in [2.75, 3.05) is 52.9 Å². The number of likely N-dealkylation sites (tertiary alicyclic amines) is 1. The molecule has 2 aliphatic heterocycles. The molecule has 6 rings (SSSR count). The molecule has 0 spiro atoms. The number of nitrogens with one attached hydrogen (secondary N) is 2. The fourth-order valence-electron chi connectivity index (χ4n) is 6.94. The van der Waals surface area contributed by atoms with Crippen molar-refractivity contribution in [2.45, 2.75) is 56.9 Å². The number of ether oxygens (including phenoxy) is 3. The van der Waals surface area contributed by atoms with Crippen molar-refractivity contribution in [3.8, 4) is 16.9 Å². The highest BCUT2D eigenvalue weighted by atomic mass is 79.9. The van der Waals surface area contributed by atoms with E-state index in [1.807, 2.05) is 61.6 Å². The van der Waals surface area contributed by atoms with E-state index < -0.39 is 41.9 Å². The lowest BCUT2D eigenvalue weighted by Gasteiger charge is -2.35. The molecular weight excluding hydrogens is 730 g/mol. The number of hydrogen-bond acceptors (Lipinski definition) is 8. The molecule has 2 heterocycles. The third-order valence-corrected chi connectivity index (χ3v) is 10.0. The second-order valence-corrected chi connectivity index (χ2v) is 15.4. The molecule has 0 radical (unpaired) electrons. The van der Waals surface area contributed by atoms with Crippen LogP contribution in [0.25, 0.3) is 11.1 Å². The van der Waals surface area contributed by atoms with Crippen LogP contribution in [0.5, 0.6) is 5.75 Å². The van der Waals surface area contributed by atoms with Gasteiger partial charge in [0.1, 0.15) is 36.1 Å². The van der Waals surface area contributed by atoms with E-state index in [0.717, 1.165) is 26.7 Å². The van der Waals surface area contributed by atoms with E-state index in [9.17, 15) is 19.2 Å². The minimum atomic E-state index is -1.11. The Labute approximate surface area is 312 Å². The number of benzene rings is 3. The summed E-state index contributed by atoms with van der Waals surface area (Å²) in [6.45, 7) is 7.58. The highest BCUT2D eigenvalue weighted by Gasteiger charge is 2.44. The van der Waals surface area contributed by atoms with E-state index in [0.29, 0.717) is 31.9 Å². The molecule has 12 nitrogen and oxygen atoms in total. The number of carbonyl (C=O) groups excluding carboxylic acids is 4. The zero-order chi connectivity index (χ0) is 37.0. The van der Waals surface area contributed by atoms with Crippen LogP contribution >= 0.6 is 15.9 Å². The molecule has 0 saturated carbocycles. The zero-order valence-corrected chi connectivity index (χ0v) is 31.6. The Balaban J connectivity index is 1.15. The molecule has 2 saturated heterocycles. The molecule has 52 heavy (non-hydrogen) atoms. The van der Waals surface area contributed by atoms with Gasteiger partial charge in [-0.3, -0.25) is 14.5 Å². The Morgan fingerprint density at radius 3 is 2.19 bits per heavy atom. The highest BCUT2D eigenvalue weighted by Crippen LogP contribution is 2.44. The first kappa shape index (κ1) is 37.1. The minimum Gasteiger partial charge on any atom is -0.488 e. The molecule has 3 aliphatic rings. The van der Waals surface area contributed by atoms with Crippen LogP contribution in [0.15, 0.2) is 77.3 Å². The van der Waals surface area contributed by atoms with Gasteiger partial charge in [0.2, 0.25) is 11.8 Å². The lowest BCUT2D eigenvalue weighted by molar-refractivity contribution is -0.138. The summed E-state index contributed by atoms with van der Waals surface area (Å²) < 4.78 is 18.4. The smallest absolute Gasteiger partial charge is 0.411 e. The molecule has 13 heteroatoms. The standard InChI is InChI=1S/C39H46BrN5O7/c1-39(2,3)52-38(49)45-23-27(51-26-11-9-10-25(40)20-26)21-34(45)35(46)42-33(36(47)44-18-16-43(4)17-19-44)22-41-37(48)50-24-32-30-14-7-5-12-28(30)29-13-6-8-15-31(29)32/h5-15,20,27,32-34H,16-19,21-24H2,1-4H3,(H,41,48)(H,42,46)/t27-,33-,34-/m0/s1. The average molecular weight is 777 g/mol. The maximum absolute atomic E-state index is 14.1. The van der Waals surface area contributed by atoms with Crippen molar-refractivity contribution in [3.63, 3.8) is 0 Å². The second-order valence-electron chi connectivity index (χ2n) is 14.5. The predicted molar refractivity (Wildman–Crippen MR) is 199 cm³/mol. The van der Waals surface area contributed by atoms with Crippen LogP contribution in [0.4, 0.5) is 9.59 Å². The van der Waals surface area contributed by atoms with Crippen LogP contribution in [-0.4, -0.2) is 115 Å². The highest BCUT2D eigenvalue weighted by molar-refractivity contribution is 9.10. The number of hydrogen-bond donors (Lipinski definition) is 2. The molecule has 0 unspecified atom stereocenters. The number of amides is 4. The molecule has 0 aromatic heterocycles. The first-order valence-electron chi connectivity index (χ1n) is 17.6. The number of nitrogens with zero attached hydrogens (tertiary/aromatic N) is 3. The molecule has 3 aromatic rings. The summed E-state index contributed by atoms with van der Waals surface area (Å²) in [4.78, 5) is 59.7. The van der Waals surface area contributed by atoms with Gasteiger partial charge in [-0.2, -0.15) is 0 Å². The van der Waals surface area contributed by atoms with Gasteiger partial charge >= 0.3 is 12.2 Å².